The van der Waals surface area contributed by atoms with Gasteiger partial charge in [-0.1, -0.05) is 12.1 Å². The van der Waals surface area contributed by atoms with E-state index in [4.69, 9.17) is 0 Å². The lowest BCUT2D eigenvalue weighted by Gasteiger charge is -2.20. The van der Waals surface area contributed by atoms with Crippen molar-refractivity contribution in [2.45, 2.75) is 26.7 Å². The molecule has 1 aromatic heterocycles. The number of imide groups is 1. The van der Waals surface area contributed by atoms with Crippen LogP contribution in [0, 0.1) is 13.8 Å². The number of hydrogen-bond donors (Lipinski definition) is 0. The Hall–Kier alpha value is -2.40. The van der Waals surface area contributed by atoms with E-state index >= 15 is 0 Å². The van der Waals surface area contributed by atoms with Crippen molar-refractivity contribution < 1.29 is 9.59 Å². The zero-order valence-corrected chi connectivity index (χ0v) is 15.2. The van der Waals surface area contributed by atoms with Crippen LogP contribution in [-0.2, 0) is 9.59 Å². The first-order valence-corrected chi connectivity index (χ1v) is 9.45. The highest BCUT2D eigenvalue weighted by atomic mass is 32.1. The van der Waals surface area contributed by atoms with Crippen LogP contribution in [0.25, 0.3) is 5.57 Å². The first-order valence-electron chi connectivity index (χ1n) is 8.57. The lowest BCUT2D eigenvalue weighted by Crippen LogP contribution is -2.34. The Morgan fingerprint density at radius 3 is 2.36 bits per heavy atom. The van der Waals surface area contributed by atoms with Crippen LogP contribution >= 0.6 is 11.3 Å². The van der Waals surface area contributed by atoms with Gasteiger partial charge in [0.1, 0.15) is 5.70 Å². The number of thiophene rings is 1. The van der Waals surface area contributed by atoms with Crippen LogP contribution in [0.15, 0.2) is 41.4 Å². The molecule has 3 heterocycles. The third kappa shape index (κ3) is 2.59. The minimum atomic E-state index is -0.211. The molecule has 1 aromatic carbocycles. The fourth-order valence-electron chi connectivity index (χ4n) is 3.49. The molecule has 1 fully saturated rings. The van der Waals surface area contributed by atoms with Gasteiger partial charge in [0.05, 0.1) is 11.3 Å². The summed E-state index contributed by atoms with van der Waals surface area (Å²) in [4.78, 5) is 30.7. The number of carbonyl (C=O) groups excluding carboxylic acids is 2. The molecule has 0 radical (unpaired) electrons. The Labute approximate surface area is 151 Å². The van der Waals surface area contributed by atoms with Crippen LogP contribution in [0.1, 0.15) is 28.8 Å². The van der Waals surface area contributed by atoms with Crippen molar-refractivity contribution in [3.05, 3.63) is 57.4 Å². The molecule has 2 aromatic rings. The van der Waals surface area contributed by atoms with Crippen LogP contribution in [0.4, 0.5) is 5.69 Å². The molecular weight excluding hydrogens is 332 g/mol. The highest BCUT2D eigenvalue weighted by Gasteiger charge is 2.43. The molecule has 5 heteroatoms. The van der Waals surface area contributed by atoms with E-state index in [0.29, 0.717) is 17.0 Å². The molecule has 1 saturated heterocycles. The topological polar surface area (TPSA) is 40.6 Å². The van der Waals surface area contributed by atoms with E-state index in [1.165, 1.54) is 16.2 Å². The number of carbonyl (C=O) groups is 2. The smallest absolute Gasteiger partial charge is 0.282 e. The zero-order chi connectivity index (χ0) is 17.6. The number of benzene rings is 1. The summed E-state index contributed by atoms with van der Waals surface area (Å²) in [6.07, 6.45) is 2.12. The van der Waals surface area contributed by atoms with Gasteiger partial charge < -0.3 is 4.90 Å². The molecule has 0 N–H and O–H groups in total. The summed E-state index contributed by atoms with van der Waals surface area (Å²) in [6.45, 7) is 5.70. The summed E-state index contributed by atoms with van der Waals surface area (Å²) in [5.74, 6) is -0.406. The standard InChI is InChI=1S/C20H20N2O2S/c1-13-7-8-15(12-14(13)2)22-19(23)17(16-6-5-11-25-16)18(20(22)24)21-9-3-4-10-21/h5-8,11-12H,3-4,9-10H2,1-2H3. The van der Waals surface area contributed by atoms with Crippen molar-refractivity contribution in [2.75, 3.05) is 18.0 Å². The fraction of sp³-hybridized carbons (Fsp3) is 0.300. The second kappa shape index (κ2) is 6.15. The van der Waals surface area contributed by atoms with Crippen molar-refractivity contribution in [1.29, 1.82) is 0 Å². The molecule has 0 saturated carbocycles. The largest absolute Gasteiger partial charge is 0.366 e. The second-order valence-corrected chi connectivity index (χ2v) is 7.56. The van der Waals surface area contributed by atoms with Crippen LogP contribution < -0.4 is 4.90 Å². The van der Waals surface area contributed by atoms with Gasteiger partial charge in [-0.05, 0) is 61.4 Å². The zero-order valence-electron chi connectivity index (χ0n) is 14.4. The van der Waals surface area contributed by atoms with Gasteiger partial charge >= 0.3 is 0 Å². The minimum Gasteiger partial charge on any atom is -0.366 e. The summed E-state index contributed by atoms with van der Waals surface area (Å²) in [7, 11) is 0. The van der Waals surface area contributed by atoms with Crippen LogP contribution in [0.3, 0.4) is 0 Å². The van der Waals surface area contributed by atoms with Gasteiger partial charge in [0.2, 0.25) is 0 Å². The Balaban J connectivity index is 1.82. The van der Waals surface area contributed by atoms with Crippen molar-refractivity contribution >= 4 is 34.4 Å². The summed E-state index contributed by atoms with van der Waals surface area (Å²) in [6, 6.07) is 9.58. The summed E-state index contributed by atoms with van der Waals surface area (Å²) < 4.78 is 0. The Kier molecular flexibility index (Phi) is 3.96. The van der Waals surface area contributed by atoms with Gasteiger partial charge in [0, 0.05) is 18.0 Å². The summed E-state index contributed by atoms with van der Waals surface area (Å²) in [5.41, 5.74) is 4.00. The number of likely N-dealkylation sites (tertiary alicyclic amines) is 1. The molecule has 0 spiro atoms. The van der Waals surface area contributed by atoms with Crippen molar-refractivity contribution in [3.63, 3.8) is 0 Å². The SMILES string of the molecule is Cc1ccc(N2C(=O)C(c3cccs3)=C(N3CCCC3)C2=O)cc1C. The third-order valence-electron chi connectivity index (χ3n) is 5.00. The Morgan fingerprint density at radius 1 is 0.960 bits per heavy atom. The molecule has 4 nitrogen and oxygen atoms in total. The molecular formula is C20H20N2O2S. The molecule has 0 aliphatic carbocycles. The fourth-order valence-corrected chi connectivity index (χ4v) is 4.26. The lowest BCUT2D eigenvalue weighted by molar-refractivity contribution is -0.120. The quantitative estimate of drug-likeness (QED) is 0.790. The number of nitrogens with zero attached hydrogens (tertiary/aromatic N) is 2. The first-order chi connectivity index (χ1) is 12.1. The van der Waals surface area contributed by atoms with E-state index in [2.05, 4.69) is 4.90 Å². The maximum absolute atomic E-state index is 13.2. The summed E-state index contributed by atoms with van der Waals surface area (Å²) >= 11 is 1.51. The van der Waals surface area contributed by atoms with Crippen LogP contribution in [-0.4, -0.2) is 29.8 Å². The molecule has 2 aliphatic rings. The average molecular weight is 352 g/mol. The molecule has 2 aliphatic heterocycles. The van der Waals surface area contributed by atoms with E-state index in [-0.39, 0.29) is 11.8 Å². The second-order valence-electron chi connectivity index (χ2n) is 6.61. The van der Waals surface area contributed by atoms with Crippen LogP contribution in [0.2, 0.25) is 0 Å². The van der Waals surface area contributed by atoms with Gasteiger partial charge in [-0.25, -0.2) is 4.90 Å². The van der Waals surface area contributed by atoms with Gasteiger partial charge in [-0.15, -0.1) is 11.3 Å². The number of aryl methyl sites for hydroxylation is 2. The average Bonchev–Trinajstić information content (AvgIpc) is 3.31. The number of rotatable bonds is 3. The van der Waals surface area contributed by atoms with Crippen LogP contribution in [0.5, 0.6) is 0 Å². The van der Waals surface area contributed by atoms with E-state index in [1.807, 2.05) is 49.6 Å². The van der Waals surface area contributed by atoms with E-state index in [9.17, 15) is 9.59 Å². The van der Waals surface area contributed by atoms with Gasteiger partial charge in [-0.3, -0.25) is 9.59 Å². The van der Waals surface area contributed by atoms with Crippen molar-refractivity contribution in [2.24, 2.45) is 0 Å². The van der Waals surface area contributed by atoms with Gasteiger partial charge in [-0.2, -0.15) is 0 Å². The third-order valence-corrected chi connectivity index (χ3v) is 5.89. The molecule has 4 rings (SSSR count). The molecule has 2 amide bonds. The number of hydrogen-bond acceptors (Lipinski definition) is 4. The molecule has 25 heavy (non-hydrogen) atoms. The van der Waals surface area contributed by atoms with E-state index in [1.54, 1.807) is 0 Å². The monoisotopic (exact) mass is 352 g/mol. The molecule has 0 bridgehead atoms. The predicted molar refractivity (Wildman–Crippen MR) is 100 cm³/mol. The summed E-state index contributed by atoms with van der Waals surface area (Å²) in [5, 5.41) is 1.94. The maximum Gasteiger partial charge on any atom is 0.282 e. The Morgan fingerprint density at radius 2 is 1.72 bits per heavy atom. The molecule has 128 valence electrons. The molecule has 0 atom stereocenters. The maximum atomic E-state index is 13.2. The van der Waals surface area contributed by atoms with E-state index < -0.39 is 0 Å². The number of amides is 2. The van der Waals surface area contributed by atoms with Gasteiger partial charge in [0.25, 0.3) is 11.8 Å². The lowest BCUT2D eigenvalue weighted by atomic mass is 10.1. The highest BCUT2D eigenvalue weighted by Crippen LogP contribution is 2.37. The predicted octanol–water partition coefficient (Wildman–Crippen LogP) is 3.75. The molecule has 0 unspecified atom stereocenters. The highest BCUT2D eigenvalue weighted by molar-refractivity contribution is 7.11. The van der Waals surface area contributed by atoms with Gasteiger partial charge in [0.15, 0.2) is 0 Å². The van der Waals surface area contributed by atoms with Crippen molar-refractivity contribution in [3.8, 4) is 0 Å². The van der Waals surface area contributed by atoms with E-state index in [0.717, 1.165) is 41.9 Å². The normalized spacial score (nSPS) is 18.0. The number of anilines is 1. The van der Waals surface area contributed by atoms with Crippen molar-refractivity contribution in [1.82, 2.24) is 4.90 Å². The Bertz CT molecular complexity index is 877. The first kappa shape index (κ1) is 16.1. The minimum absolute atomic E-state index is 0.196.